The third-order valence-electron chi connectivity index (χ3n) is 2.50. The van der Waals surface area contributed by atoms with Crippen LogP contribution in [0.25, 0.3) is 0 Å². The van der Waals surface area contributed by atoms with E-state index in [1.807, 2.05) is 0 Å². The highest BCUT2D eigenvalue weighted by atomic mass is 79.9. The first-order valence-electron chi connectivity index (χ1n) is 5.50. The van der Waals surface area contributed by atoms with E-state index in [4.69, 9.17) is 11.6 Å². The summed E-state index contributed by atoms with van der Waals surface area (Å²) in [4.78, 5) is 15.9. The van der Waals surface area contributed by atoms with Crippen molar-refractivity contribution in [1.29, 1.82) is 0 Å². The lowest BCUT2D eigenvalue weighted by Crippen LogP contribution is -2.23. The molecule has 0 spiro atoms. The second-order valence-electron chi connectivity index (χ2n) is 3.91. The molecule has 0 aliphatic heterocycles. The molecule has 1 aromatic carbocycles. The number of nitrogens with one attached hydrogen (secondary N) is 1. The van der Waals surface area contributed by atoms with Gasteiger partial charge < -0.3 is 5.32 Å². The number of rotatable bonds is 3. The highest BCUT2D eigenvalue weighted by Crippen LogP contribution is 2.20. The highest BCUT2D eigenvalue weighted by Gasteiger charge is 2.12. The van der Waals surface area contributed by atoms with E-state index in [2.05, 4.69) is 42.2 Å². The van der Waals surface area contributed by atoms with Gasteiger partial charge in [-0.2, -0.15) is 0 Å². The molecule has 2 rings (SSSR count). The third kappa shape index (κ3) is 3.77. The number of halogens is 4. The van der Waals surface area contributed by atoms with Crippen molar-refractivity contribution in [2.24, 2.45) is 0 Å². The third-order valence-corrected chi connectivity index (χ3v) is 4.01. The summed E-state index contributed by atoms with van der Waals surface area (Å²) in [6, 6.07) is 5.85. The Labute approximate surface area is 136 Å². The van der Waals surface area contributed by atoms with Crippen molar-refractivity contribution in [2.45, 2.75) is 6.54 Å². The summed E-state index contributed by atoms with van der Waals surface area (Å²) >= 11 is 12.4. The first kappa shape index (κ1) is 15.4. The van der Waals surface area contributed by atoms with E-state index in [1.165, 1.54) is 18.3 Å². The van der Waals surface area contributed by atoms with Gasteiger partial charge in [-0.3, -0.25) is 4.79 Å². The lowest BCUT2D eigenvalue weighted by molar-refractivity contribution is 0.0950. The van der Waals surface area contributed by atoms with Crippen LogP contribution < -0.4 is 5.32 Å². The zero-order valence-corrected chi connectivity index (χ0v) is 13.9. The first-order chi connectivity index (χ1) is 9.47. The van der Waals surface area contributed by atoms with E-state index >= 15 is 0 Å². The molecule has 0 unspecified atom stereocenters. The maximum atomic E-state index is 13.1. The molecule has 1 amide bonds. The molecule has 1 heterocycles. The number of aromatic nitrogens is 1. The maximum absolute atomic E-state index is 13.1. The van der Waals surface area contributed by atoms with Crippen LogP contribution >= 0.6 is 43.5 Å². The van der Waals surface area contributed by atoms with Crippen LogP contribution in [0.15, 0.2) is 39.4 Å². The van der Waals surface area contributed by atoms with Gasteiger partial charge >= 0.3 is 0 Å². The Balaban J connectivity index is 2.12. The normalized spacial score (nSPS) is 10.4. The van der Waals surface area contributed by atoms with Gasteiger partial charge in [0, 0.05) is 21.7 Å². The molecule has 0 bridgehead atoms. The molecule has 104 valence electrons. The summed E-state index contributed by atoms with van der Waals surface area (Å²) < 4.78 is 14.5. The Morgan fingerprint density at radius 2 is 2.10 bits per heavy atom. The number of nitrogens with zero attached hydrogens (tertiary/aromatic N) is 1. The molecule has 20 heavy (non-hydrogen) atoms. The lowest BCUT2D eigenvalue weighted by atomic mass is 10.2. The van der Waals surface area contributed by atoms with Gasteiger partial charge in [-0.25, -0.2) is 9.37 Å². The topological polar surface area (TPSA) is 42.0 Å². The molecule has 0 saturated carbocycles. The minimum absolute atomic E-state index is 0.115. The van der Waals surface area contributed by atoms with Crippen LogP contribution in [0, 0.1) is 5.82 Å². The van der Waals surface area contributed by atoms with Crippen molar-refractivity contribution < 1.29 is 9.18 Å². The molecule has 0 radical (unpaired) electrons. The predicted octanol–water partition coefficient (Wildman–Crippen LogP) is 4.33. The average molecular weight is 422 g/mol. The Kier molecular flexibility index (Phi) is 5.12. The van der Waals surface area contributed by atoms with Crippen molar-refractivity contribution in [3.63, 3.8) is 0 Å². The van der Waals surface area contributed by atoms with Gasteiger partial charge in [0.15, 0.2) is 0 Å². The molecule has 7 heteroatoms. The second-order valence-corrected chi connectivity index (χ2v) is 6.04. The molecule has 0 aliphatic rings. The number of benzene rings is 1. The monoisotopic (exact) mass is 420 g/mol. The number of hydrogen-bond donors (Lipinski definition) is 1. The standard InChI is InChI=1S/C13H8Br2ClFN2O/c14-8-4-10(12(16)18-6-8)13(20)19-5-7-3-9(17)1-2-11(7)15/h1-4,6H,5H2,(H,19,20). The fourth-order valence-corrected chi connectivity index (χ4v) is 2.44. The quantitative estimate of drug-likeness (QED) is 0.749. The van der Waals surface area contributed by atoms with Crippen LogP contribution in [0.3, 0.4) is 0 Å². The largest absolute Gasteiger partial charge is 0.348 e. The van der Waals surface area contributed by atoms with Crippen molar-refractivity contribution in [2.75, 3.05) is 0 Å². The van der Waals surface area contributed by atoms with Crippen molar-refractivity contribution in [1.82, 2.24) is 10.3 Å². The van der Waals surface area contributed by atoms with Crippen LogP contribution in [-0.2, 0) is 6.54 Å². The summed E-state index contributed by atoms with van der Waals surface area (Å²) in [5.41, 5.74) is 0.894. The zero-order valence-electron chi connectivity index (χ0n) is 9.96. The molecular weight excluding hydrogens is 414 g/mol. The van der Waals surface area contributed by atoms with Gasteiger partial charge in [-0.1, -0.05) is 27.5 Å². The number of hydrogen-bond acceptors (Lipinski definition) is 2. The Hall–Kier alpha value is -0.980. The van der Waals surface area contributed by atoms with Crippen LogP contribution in [0.4, 0.5) is 4.39 Å². The Bertz CT molecular complexity index is 667. The van der Waals surface area contributed by atoms with E-state index in [0.29, 0.717) is 10.0 Å². The summed E-state index contributed by atoms with van der Waals surface area (Å²) in [5, 5.41) is 2.79. The molecule has 1 N–H and O–H groups in total. The molecule has 1 aromatic heterocycles. The molecule has 0 fully saturated rings. The van der Waals surface area contributed by atoms with E-state index in [0.717, 1.165) is 4.47 Å². The summed E-state index contributed by atoms with van der Waals surface area (Å²) in [6.45, 7) is 0.181. The molecule has 0 aliphatic carbocycles. The lowest BCUT2D eigenvalue weighted by Gasteiger charge is -2.08. The Morgan fingerprint density at radius 1 is 1.35 bits per heavy atom. The number of pyridine rings is 1. The second kappa shape index (κ2) is 6.65. The minimum atomic E-state index is -0.375. The van der Waals surface area contributed by atoms with Crippen LogP contribution in [-0.4, -0.2) is 10.9 Å². The SMILES string of the molecule is O=C(NCc1cc(F)ccc1Br)c1cc(Br)cnc1Cl. The van der Waals surface area contributed by atoms with Crippen LogP contribution in [0.1, 0.15) is 15.9 Å². The van der Waals surface area contributed by atoms with Crippen LogP contribution in [0.5, 0.6) is 0 Å². The van der Waals surface area contributed by atoms with Crippen molar-refractivity contribution in [3.8, 4) is 0 Å². The van der Waals surface area contributed by atoms with Gasteiger partial charge in [-0.15, -0.1) is 0 Å². The maximum Gasteiger partial charge on any atom is 0.254 e. The predicted molar refractivity (Wildman–Crippen MR) is 82.2 cm³/mol. The van der Waals surface area contributed by atoms with Gasteiger partial charge in [0.05, 0.1) is 5.56 Å². The van der Waals surface area contributed by atoms with Gasteiger partial charge in [0.25, 0.3) is 5.91 Å². The highest BCUT2D eigenvalue weighted by molar-refractivity contribution is 9.10. The molecule has 2 aromatic rings. The molecule has 3 nitrogen and oxygen atoms in total. The van der Waals surface area contributed by atoms with E-state index < -0.39 is 0 Å². The average Bonchev–Trinajstić information content (AvgIpc) is 2.42. The number of carbonyl (C=O) groups excluding carboxylic acids is 1. The molecule has 0 atom stereocenters. The summed E-state index contributed by atoms with van der Waals surface area (Å²) in [5.74, 6) is -0.737. The number of amides is 1. The first-order valence-corrected chi connectivity index (χ1v) is 7.47. The smallest absolute Gasteiger partial charge is 0.254 e. The molecular formula is C13H8Br2ClFN2O. The van der Waals surface area contributed by atoms with Gasteiger partial charge in [-0.05, 0) is 45.8 Å². The van der Waals surface area contributed by atoms with Gasteiger partial charge in [0.1, 0.15) is 11.0 Å². The summed E-state index contributed by atoms with van der Waals surface area (Å²) in [7, 11) is 0. The zero-order chi connectivity index (χ0) is 14.7. The fourth-order valence-electron chi connectivity index (χ4n) is 1.53. The fraction of sp³-hybridized carbons (Fsp3) is 0.0769. The van der Waals surface area contributed by atoms with E-state index in [9.17, 15) is 9.18 Å². The van der Waals surface area contributed by atoms with Crippen molar-refractivity contribution in [3.05, 3.63) is 61.5 Å². The van der Waals surface area contributed by atoms with Crippen molar-refractivity contribution >= 4 is 49.4 Å². The van der Waals surface area contributed by atoms with E-state index in [1.54, 1.807) is 12.1 Å². The Morgan fingerprint density at radius 3 is 2.85 bits per heavy atom. The van der Waals surface area contributed by atoms with E-state index in [-0.39, 0.29) is 29.0 Å². The number of carbonyl (C=O) groups is 1. The summed E-state index contributed by atoms with van der Waals surface area (Å²) in [6.07, 6.45) is 1.50. The minimum Gasteiger partial charge on any atom is -0.348 e. The molecule has 0 saturated heterocycles. The van der Waals surface area contributed by atoms with Gasteiger partial charge in [0.2, 0.25) is 0 Å². The van der Waals surface area contributed by atoms with Crippen LogP contribution in [0.2, 0.25) is 5.15 Å².